The van der Waals surface area contributed by atoms with Gasteiger partial charge in [0.05, 0.1) is 13.2 Å². The molecule has 0 radical (unpaired) electrons. The zero-order valence-electron chi connectivity index (χ0n) is 11.6. The third kappa shape index (κ3) is 3.17. The zero-order valence-corrected chi connectivity index (χ0v) is 11.6. The molecule has 1 aliphatic carbocycles. The van der Waals surface area contributed by atoms with E-state index in [1.54, 1.807) is 7.11 Å². The molecule has 0 atom stereocenters. The number of pyridine rings is 1. The van der Waals surface area contributed by atoms with E-state index in [9.17, 15) is 4.39 Å². The minimum atomic E-state index is -0.642. The number of hydrogen-bond acceptors (Lipinski definition) is 5. The van der Waals surface area contributed by atoms with Gasteiger partial charge in [-0.1, -0.05) is 0 Å². The molecular weight excluding hydrogens is 263 g/mol. The van der Waals surface area contributed by atoms with Gasteiger partial charge in [0.15, 0.2) is 5.82 Å². The number of methoxy groups -OCH3 is 2. The summed E-state index contributed by atoms with van der Waals surface area (Å²) in [5.74, 6) is -0.674. The second-order valence-corrected chi connectivity index (χ2v) is 4.70. The van der Waals surface area contributed by atoms with E-state index in [4.69, 9.17) is 19.5 Å². The normalized spacial score (nSPS) is 22.1. The fourth-order valence-corrected chi connectivity index (χ4v) is 2.32. The van der Waals surface area contributed by atoms with Crippen molar-refractivity contribution in [3.63, 3.8) is 0 Å². The summed E-state index contributed by atoms with van der Waals surface area (Å²) in [7, 11) is 3.08. The average molecular weight is 280 g/mol. The van der Waals surface area contributed by atoms with Crippen molar-refractivity contribution in [3.05, 3.63) is 17.4 Å². The highest BCUT2D eigenvalue weighted by Gasteiger charge is 2.24. The molecule has 1 saturated carbocycles. The molecule has 20 heavy (non-hydrogen) atoms. The van der Waals surface area contributed by atoms with E-state index in [1.807, 2.05) is 6.07 Å². The zero-order chi connectivity index (χ0) is 14.5. The van der Waals surface area contributed by atoms with E-state index in [-0.39, 0.29) is 29.5 Å². The largest absolute Gasteiger partial charge is 0.480 e. The summed E-state index contributed by atoms with van der Waals surface area (Å²) in [4.78, 5) is 3.92. The summed E-state index contributed by atoms with van der Waals surface area (Å²) in [5, 5.41) is 8.85. The second-order valence-electron chi connectivity index (χ2n) is 4.70. The Morgan fingerprint density at radius 2 is 1.85 bits per heavy atom. The first-order chi connectivity index (χ1) is 9.67. The summed E-state index contributed by atoms with van der Waals surface area (Å²) < 4.78 is 29.7. The van der Waals surface area contributed by atoms with Gasteiger partial charge in [0.2, 0.25) is 5.88 Å². The number of ether oxygens (including phenoxy) is 3. The number of halogens is 1. The van der Waals surface area contributed by atoms with Gasteiger partial charge >= 0.3 is 0 Å². The predicted octanol–water partition coefficient (Wildman–Crippen LogP) is 2.44. The highest BCUT2D eigenvalue weighted by atomic mass is 19.1. The average Bonchev–Trinajstić information content (AvgIpc) is 2.49. The van der Waals surface area contributed by atoms with E-state index in [0.717, 1.165) is 31.7 Å². The quantitative estimate of drug-likeness (QED) is 0.847. The fraction of sp³-hybridized carbons (Fsp3) is 0.571. The Morgan fingerprint density at radius 3 is 2.40 bits per heavy atom. The molecule has 1 aromatic heterocycles. The molecule has 1 fully saturated rings. The van der Waals surface area contributed by atoms with Gasteiger partial charge in [-0.05, 0) is 25.7 Å². The van der Waals surface area contributed by atoms with E-state index in [2.05, 4.69) is 4.98 Å². The van der Waals surface area contributed by atoms with Crippen LogP contribution >= 0.6 is 0 Å². The lowest BCUT2D eigenvalue weighted by atomic mass is 9.95. The summed E-state index contributed by atoms with van der Waals surface area (Å²) in [6.07, 6.45) is 3.53. The Kier molecular flexibility index (Phi) is 4.74. The lowest BCUT2D eigenvalue weighted by Crippen LogP contribution is -2.28. The maximum absolute atomic E-state index is 13.8. The Bertz CT molecular complexity index is 508. The number of aromatic nitrogens is 1. The first-order valence-corrected chi connectivity index (χ1v) is 6.52. The maximum atomic E-state index is 13.8. The second kappa shape index (κ2) is 6.53. The van der Waals surface area contributed by atoms with Crippen molar-refractivity contribution in [2.45, 2.75) is 37.9 Å². The van der Waals surface area contributed by atoms with E-state index >= 15 is 0 Å². The number of nitrogens with zero attached hydrogens (tertiary/aromatic N) is 2. The molecule has 0 N–H and O–H groups in total. The first-order valence-electron chi connectivity index (χ1n) is 6.52. The van der Waals surface area contributed by atoms with Crippen LogP contribution in [0.15, 0.2) is 6.07 Å². The molecule has 5 nitrogen and oxygen atoms in total. The van der Waals surface area contributed by atoms with E-state index in [1.165, 1.54) is 7.11 Å². The van der Waals surface area contributed by atoms with Gasteiger partial charge in [-0.2, -0.15) is 10.2 Å². The van der Waals surface area contributed by atoms with Crippen LogP contribution in [-0.4, -0.2) is 31.4 Å². The van der Waals surface area contributed by atoms with Crippen LogP contribution in [-0.2, 0) is 4.74 Å². The molecule has 0 amide bonds. The SMILES string of the molecule is COc1nc(OC2CCC(OC)CC2)c(F)cc1C#N. The minimum Gasteiger partial charge on any atom is -0.480 e. The molecule has 1 aromatic rings. The summed E-state index contributed by atoms with van der Waals surface area (Å²) >= 11 is 0. The summed E-state index contributed by atoms with van der Waals surface area (Å²) in [6.45, 7) is 0. The van der Waals surface area contributed by atoms with Crippen LogP contribution < -0.4 is 9.47 Å². The van der Waals surface area contributed by atoms with Gasteiger partial charge in [0.25, 0.3) is 5.88 Å². The number of nitriles is 1. The third-order valence-corrected chi connectivity index (χ3v) is 3.46. The predicted molar refractivity (Wildman–Crippen MR) is 69.1 cm³/mol. The van der Waals surface area contributed by atoms with Gasteiger partial charge in [0, 0.05) is 13.2 Å². The maximum Gasteiger partial charge on any atom is 0.254 e. The van der Waals surface area contributed by atoms with Crippen molar-refractivity contribution in [3.8, 4) is 17.8 Å². The van der Waals surface area contributed by atoms with Gasteiger partial charge < -0.3 is 14.2 Å². The smallest absolute Gasteiger partial charge is 0.254 e. The molecule has 0 saturated heterocycles. The molecule has 1 aliphatic rings. The molecule has 0 spiro atoms. The van der Waals surface area contributed by atoms with Crippen LogP contribution in [0, 0.1) is 17.1 Å². The van der Waals surface area contributed by atoms with Crippen molar-refractivity contribution in [1.82, 2.24) is 4.98 Å². The van der Waals surface area contributed by atoms with Crippen molar-refractivity contribution in [1.29, 1.82) is 5.26 Å². The first kappa shape index (κ1) is 14.5. The van der Waals surface area contributed by atoms with Crippen LogP contribution in [0.25, 0.3) is 0 Å². The van der Waals surface area contributed by atoms with Crippen molar-refractivity contribution in [2.24, 2.45) is 0 Å². The number of hydrogen-bond donors (Lipinski definition) is 0. The molecule has 0 unspecified atom stereocenters. The van der Waals surface area contributed by atoms with Gasteiger partial charge in [-0.15, -0.1) is 0 Å². The Balaban J connectivity index is 2.08. The van der Waals surface area contributed by atoms with Crippen LogP contribution in [0.4, 0.5) is 4.39 Å². The molecule has 0 bridgehead atoms. The van der Waals surface area contributed by atoms with Crippen LogP contribution in [0.3, 0.4) is 0 Å². The van der Waals surface area contributed by atoms with Gasteiger partial charge in [-0.3, -0.25) is 0 Å². The van der Waals surface area contributed by atoms with Gasteiger partial charge in [-0.25, -0.2) is 4.39 Å². The van der Waals surface area contributed by atoms with Crippen LogP contribution in [0.2, 0.25) is 0 Å². The van der Waals surface area contributed by atoms with Crippen LogP contribution in [0.1, 0.15) is 31.2 Å². The Morgan fingerprint density at radius 1 is 1.20 bits per heavy atom. The standard InChI is InChI=1S/C14H17FN2O3/c1-18-10-3-5-11(6-4-10)20-14-12(15)7-9(8-16)13(17-14)19-2/h7,10-11H,3-6H2,1-2H3. The molecular formula is C14H17FN2O3. The van der Waals surface area contributed by atoms with E-state index in [0.29, 0.717) is 0 Å². The van der Waals surface area contributed by atoms with Crippen molar-refractivity contribution >= 4 is 0 Å². The molecule has 1 heterocycles. The van der Waals surface area contributed by atoms with Crippen molar-refractivity contribution < 1.29 is 18.6 Å². The lowest BCUT2D eigenvalue weighted by Gasteiger charge is -2.27. The highest BCUT2D eigenvalue weighted by molar-refractivity contribution is 5.41. The number of rotatable bonds is 4. The lowest BCUT2D eigenvalue weighted by molar-refractivity contribution is 0.0300. The Hall–Kier alpha value is -1.87. The highest BCUT2D eigenvalue weighted by Crippen LogP contribution is 2.28. The monoisotopic (exact) mass is 280 g/mol. The van der Waals surface area contributed by atoms with Gasteiger partial charge in [0.1, 0.15) is 17.7 Å². The fourth-order valence-electron chi connectivity index (χ4n) is 2.32. The molecule has 0 aromatic carbocycles. The summed E-state index contributed by atoms with van der Waals surface area (Å²) in [5.41, 5.74) is 0.0560. The molecule has 2 rings (SSSR count). The van der Waals surface area contributed by atoms with Crippen molar-refractivity contribution in [2.75, 3.05) is 14.2 Å². The molecule has 6 heteroatoms. The third-order valence-electron chi connectivity index (χ3n) is 3.46. The van der Waals surface area contributed by atoms with E-state index < -0.39 is 5.82 Å². The molecule has 0 aliphatic heterocycles. The molecule has 108 valence electrons. The topological polar surface area (TPSA) is 64.4 Å². The summed E-state index contributed by atoms with van der Waals surface area (Å²) in [6, 6.07) is 2.92. The van der Waals surface area contributed by atoms with Crippen LogP contribution in [0.5, 0.6) is 11.8 Å². The Labute approximate surface area is 117 Å². The minimum absolute atomic E-state index is 0.0560.